The Morgan fingerprint density at radius 1 is 1.32 bits per heavy atom. The minimum atomic E-state index is -0.249. The van der Waals surface area contributed by atoms with E-state index in [2.05, 4.69) is 5.10 Å². The number of benzene rings is 1. The number of carbonyl (C=O) groups is 2. The lowest BCUT2D eigenvalue weighted by molar-refractivity contribution is -0.144. The second-order valence-electron chi connectivity index (χ2n) is 5.26. The number of methoxy groups -OCH3 is 1. The fraction of sp³-hybridized carbons (Fsp3) is 0.312. The number of nitrogens with zero attached hydrogens (tertiary/aromatic N) is 3. The highest BCUT2D eigenvalue weighted by Crippen LogP contribution is 2.20. The number of rotatable bonds is 3. The lowest BCUT2D eigenvalue weighted by Crippen LogP contribution is -2.30. The van der Waals surface area contributed by atoms with Gasteiger partial charge in [-0.05, 0) is 30.7 Å². The highest BCUT2D eigenvalue weighted by molar-refractivity contribution is 5.95. The van der Waals surface area contributed by atoms with Crippen molar-refractivity contribution in [2.24, 2.45) is 5.92 Å². The third-order valence-electron chi connectivity index (χ3n) is 3.87. The minimum absolute atomic E-state index is 0.0691. The Hall–Kier alpha value is -2.63. The lowest BCUT2D eigenvalue weighted by atomic mass is 10.1. The van der Waals surface area contributed by atoms with E-state index in [1.807, 2.05) is 24.4 Å². The van der Waals surface area contributed by atoms with Crippen molar-refractivity contribution in [2.45, 2.75) is 6.42 Å². The Balaban J connectivity index is 1.76. The Bertz CT molecular complexity index is 682. The molecule has 1 aliphatic rings. The Labute approximate surface area is 128 Å². The van der Waals surface area contributed by atoms with Crippen LogP contribution in [0, 0.1) is 5.92 Å². The van der Waals surface area contributed by atoms with Crippen LogP contribution in [0.15, 0.2) is 42.7 Å². The molecule has 22 heavy (non-hydrogen) atoms. The zero-order chi connectivity index (χ0) is 15.5. The number of likely N-dealkylation sites (tertiary alicyclic amines) is 1. The molecule has 1 saturated heterocycles. The van der Waals surface area contributed by atoms with E-state index in [0.717, 1.165) is 5.69 Å². The summed E-state index contributed by atoms with van der Waals surface area (Å²) in [6.45, 7) is 0.988. The van der Waals surface area contributed by atoms with Crippen LogP contribution in [0.5, 0.6) is 0 Å². The Kier molecular flexibility index (Phi) is 3.91. The molecule has 0 radical (unpaired) electrons. The summed E-state index contributed by atoms with van der Waals surface area (Å²) < 4.78 is 6.45. The van der Waals surface area contributed by atoms with Crippen LogP contribution in [0.25, 0.3) is 5.69 Å². The minimum Gasteiger partial charge on any atom is -0.469 e. The molecule has 1 amide bonds. The molecule has 2 heterocycles. The quantitative estimate of drug-likeness (QED) is 0.806. The molecule has 0 bridgehead atoms. The molecule has 1 unspecified atom stereocenters. The van der Waals surface area contributed by atoms with Gasteiger partial charge in [-0.25, -0.2) is 4.68 Å². The molecule has 0 spiro atoms. The maximum absolute atomic E-state index is 12.6. The number of esters is 1. The van der Waals surface area contributed by atoms with Crippen molar-refractivity contribution in [3.05, 3.63) is 48.3 Å². The van der Waals surface area contributed by atoms with Gasteiger partial charge in [0.2, 0.25) is 0 Å². The first-order valence-electron chi connectivity index (χ1n) is 7.16. The normalized spacial score (nSPS) is 17.5. The summed E-state index contributed by atoms with van der Waals surface area (Å²) in [6, 6.07) is 9.14. The van der Waals surface area contributed by atoms with Crippen molar-refractivity contribution in [1.29, 1.82) is 0 Å². The summed E-state index contributed by atoms with van der Waals surface area (Å²) in [7, 11) is 1.38. The summed E-state index contributed by atoms with van der Waals surface area (Å²) in [5, 5.41) is 4.16. The second-order valence-corrected chi connectivity index (χ2v) is 5.26. The standard InChI is InChI=1S/C16H17N3O3/c1-22-16(21)13-6-9-18(11-13)15(20)12-4-2-5-14(10-12)19-8-3-7-17-19/h2-5,7-8,10,13H,6,9,11H2,1H3. The van der Waals surface area contributed by atoms with E-state index < -0.39 is 0 Å². The van der Waals surface area contributed by atoms with Gasteiger partial charge in [0.15, 0.2) is 0 Å². The van der Waals surface area contributed by atoms with Gasteiger partial charge >= 0.3 is 5.97 Å². The second kappa shape index (κ2) is 6.01. The smallest absolute Gasteiger partial charge is 0.310 e. The molecule has 0 aliphatic carbocycles. The van der Waals surface area contributed by atoms with Gasteiger partial charge in [0.1, 0.15) is 0 Å². The van der Waals surface area contributed by atoms with Crippen LogP contribution in [0.4, 0.5) is 0 Å². The fourth-order valence-corrected chi connectivity index (χ4v) is 2.69. The van der Waals surface area contributed by atoms with Crippen LogP contribution in [0.1, 0.15) is 16.8 Å². The van der Waals surface area contributed by atoms with Gasteiger partial charge in [0.25, 0.3) is 5.91 Å². The van der Waals surface area contributed by atoms with E-state index in [-0.39, 0.29) is 17.8 Å². The van der Waals surface area contributed by atoms with Crippen LogP contribution in [0.3, 0.4) is 0 Å². The van der Waals surface area contributed by atoms with Crippen LogP contribution >= 0.6 is 0 Å². The average molecular weight is 299 g/mol. The molecule has 0 N–H and O–H groups in total. The lowest BCUT2D eigenvalue weighted by Gasteiger charge is -2.16. The molecule has 114 valence electrons. The molecular weight excluding hydrogens is 282 g/mol. The SMILES string of the molecule is COC(=O)C1CCN(C(=O)c2cccc(-n3cccn3)c2)C1. The first-order chi connectivity index (χ1) is 10.7. The maximum atomic E-state index is 12.6. The van der Waals surface area contributed by atoms with Crippen LogP contribution in [-0.2, 0) is 9.53 Å². The van der Waals surface area contributed by atoms with Gasteiger partial charge < -0.3 is 9.64 Å². The van der Waals surface area contributed by atoms with E-state index in [1.165, 1.54) is 7.11 Å². The van der Waals surface area contributed by atoms with Crippen LogP contribution in [-0.4, -0.2) is 46.8 Å². The van der Waals surface area contributed by atoms with Crippen molar-refractivity contribution < 1.29 is 14.3 Å². The van der Waals surface area contributed by atoms with E-state index in [1.54, 1.807) is 27.9 Å². The monoisotopic (exact) mass is 299 g/mol. The highest BCUT2D eigenvalue weighted by Gasteiger charge is 2.32. The first kappa shape index (κ1) is 14.3. The van der Waals surface area contributed by atoms with Crippen molar-refractivity contribution in [2.75, 3.05) is 20.2 Å². The van der Waals surface area contributed by atoms with Gasteiger partial charge in [-0.2, -0.15) is 5.10 Å². The van der Waals surface area contributed by atoms with Crippen molar-refractivity contribution in [1.82, 2.24) is 14.7 Å². The Morgan fingerprint density at radius 3 is 2.91 bits per heavy atom. The molecule has 0 saturated carbocycles. The third kappa shape index (κ3) is 2.72. The Morgan fingerprint density at radius 2 is 2.18 bits per heavy atom. The van der Waals surface area contributed by atoms with Crippen LogP contribution < -0.4 is 0 Å². The van der Waals surface area contributed by atoms with Gasteiger partial charge in [-0.15, -0.1) is 0 Å². The van der Waals surface area contributed by atoms with Gasteiger partial charge in [0.05, 0.1) is 18.7 Å². The predicted octanol–water partition coefficient (Wildman–Crippen LogP) is 1.51. The first-order valence-corrected chi connectivity index (χ1v) is 7.16. The van der Waals surface area contributed by atoms with Gasteiger partial charge in [-0.1, -0.05) is 6.07 Å². The average Bonchev–Trinajstić information content (AvgIpc) is 3.25. The largest absolute Gasteiger partial charge is 0.469 e. The molecule has 3 rings (SSSR count). The summed E-state index contributed by atoms with van der Waals surface area (Å²) in [5.74, 6) is -0.538. The fourth-order valence-electron chi connectivity index (χ4n) is 2.69. The van der Waals surface area contributed by atoms with E-state index in [4.69, 9.17) is 4.74 Å². The molecular formula is C16H17N3O3. The molecule has 1 aromatic carbocycles. The molecule has 1 atom stereocenters. The van der Waals surface area contributed by atoms with Crippen molar-refractivity contribution in [3.63, 3.8) is 0 Å². The summed E-state index contributed by atoms with van der Waals surface area (Å²) in [4.78, 5) is 25.8. The zero-order valence-electron chi connectivity index (χ0n) is 12.3. The van der Waals surface area contributed by atoms with Crippen LogP contribution in [0.2, 0.25) is 0 Å². The van der Waals surface area contributed by atoms with E-state index in [9.17, 15) is 9.59 Å². The molecule has 1 aliphatic heterocycles. The van der Waals surface area contributed by atoms with E-state index >= 15 is 0 Å². The summed E-state index contributed by atoms with van der Waals surface area (Å²) >= 11 is 0. The maximum Gasteiger partial charge on any atom is 0.310 e. The number of hydrogen-bond acceptors (Lipinski definition) is 4. The highest BCUT2D eigenvalue weighted by atomic mass is 16.5. The zero-order valence-corrected chi connectivity index (χ0v) is 12.3. The van der Waals surface area contributed by atoms with E-state index in [0.29, 0.717) is 25.1 Å². The van der Waals surface area contributed by atoms with Gasteiger partial charge in [-0.3, -0.25) is 9.59 Å². The summed E-state index contributed by atoms with van der Waals surface area (Å²) in [5.41, 5.74) is 1.43. The van der Waals surface area contributed by atoms with Gasteiger partial charge in [0, 0.05) is 31.0 Å². The molecule has 6 heteroatoms. The summed E-state index contributed by atoms with van der Waals surface area (Å²) in [6.07, 6.45) is 4.17. The molecule has 2 aromatic rings. The predicted molar refractivity (Wildman–Crippen MR) is 79.6 cm³/mol. The van der Waals surface area contributed by atoms with Crippen molar-refractivity contribution in [3.8, 4) is 5.69 Å². The number of ether oxygens (including phenoxy) is 1. The number of carbonyl (C=O) groups excluding carboxylic acids is 2. The third-order valence-corrected chi connectivity index (χ3v) is 3.87. The number of hydrogen-bond donors (Lipinski definition) is 0. The molecule has 1 aromatic heterocycles. The molecule has 6 nitrogen and oxygen atoms in total. The number of amides is 1. The molecule has 1 fully saturated rings. The topological polar surface area (TPSA) is 64.4 Å². The van der Waals surface area contributed by atoms with Crippen molar-refractivity contribution >= 4 is 11.9 Å². The number of aromatic nitrogens is 2.